The van der Waals surface area contributed by atoms with E-state index in [1.54, 1.807) is 0 Å². The number of nitrogens with zero attached hydrogens (tertiary/aromatic N) is 4. The minimum Gasteiger partial charge on any atom is -0.509 e. The maximum absolute atomic E-state index is 6.74. The summed E-state index contributed by atoms with van der Waals surface area (Å²) in [4.78, 5) is 4.82. The summed E-state index contributed by atoms with van der Waals surface area (Å²) in [5.74, 6) is 2.58. The molecule has 7 rings (SSSR count). The monoisotopic (exact) mass is 881 g/mol. The topological polar surface area (TPSA) is 44.9 Å². The van der Waals surface area contributed by atoms with Gasteiger partial charge < -0.3 is 9.30 Å². The van der Waals surface area contributed by atoms with Gasteiger partial charge in [0.15, 0.2) is 0 Å². The molecule has 0 saturated carbocycles. The SMILES string of the molecule is CCCc1ccnc(-n2c3[c-]c(Oc4[c-]c(-n5nc(C)c(-c6c(C)cc(C)cc6C)c5CC(C)C)cc(C(C)(C)C)c4)ccc3c3ccccc32)c1.[Pt+2]. The van der Waals surface area contributed by atoms with Crippen molar-refractivity contribution >= 4 is 21.8 Å². The molecule has 0 saturated heterocycles. The largest absolute Gasteiger partial charge is 2.00 e. The third-order valence-corrected chi connectivity index (χ3v) is 9.96. The van der Waals surface area contributed by atoms with Crippen LogP contribution in [0.15, 0.2) is 79.0 Å². The fourth-order valence-corrected chi connectivity index (χ4v) is 7.70. The van der Waals surface area contributed by atoms with Crippen LogP contribution in [0.25, 0.3) is 44.4 Å². The van der Waals surface area contributed by atoms with Gasteiger partial charge in [0.05, 0.1) is 11.4 Å². The molecule has 0 aliphatic rings. The Kier molecular flexibility index (Phi) is 10.9. The zero-order chi connectivity index (χ0) is 36.9. The average Bonchev–Trinajstić information content (AvgIpc) is 3.57. The van der Waals surface area contributed by atoms with E-state index in [9.17, 15) is 0 Å². The van der Waals surface area contributed by atoms with Crippen molar-refractivity contribution in [3.05, 3.63) is 130 Å². The predicted octanol–water partition coefficient (Wildman–Crippen LogP) is 12.1. The number of rotatable bonds is 9. The Morgan fingerprint density at radius 3 is 2.25 bits per heavy atom. The second-order valence-corrected chi connectivity index (χ2v) is 15.9. The molecule has 0 atom stereocenters. The number of ether oxygens (including phenoxy) is 1. The van der Waals surface area contributed by atoms with Gasteiger partial charge in [-0.05, 0) is 103 Å². The normalized spacial score (nSPS) is 11.8. The van der Waals surface area contributed by atoms with Crippen LogP contribution in [0, 0.1) is 45.7 Å². The molecule has 4 aromatic carbocycles. The van der Waals surface area contributed by atoms with Crippen LogP contribution in [0.2, 0.25) is 0 Å². The van der Waals surface area contributed by atoms with Gasteiger partial charge in [0, 0.05) is 28.8 Å². The summed E-state index contributed by atoms with van der Waals surface area (Å²) in [6.07, 6.45) is 4.88. The van der Waals surface area contributed by atoms with Gasteiger partial charge in [0.2, 0.25) is 0 Å². The number of benzene rings is 4. The molecule has 0 bridgehead atoms. The molecule has 53 heavy (non-hydrogen) atoms. The Hall–Kier alpha value is -4.47. The van der Waals surface area contributed by atoms with E-state index in [0.717, 1.165) is 63.8 Å². The smallest absolute Gasteiger partial charge is 0.509 e. The number of hydrogen-bond donors (Lipinski definition) is 0. The summed E-state index contributed by atoms with van der Waals surface area (Å²) >= 11 is 0. The zero-order valence-corrected chi connectivity index (χ0v) is 35.0. The van der Waals surface area contributed by atoms with Crippen LogP contribution >= 0.6 is 0 Å². The van der Waals surface area contributed by atoms with Crippen molar-refractivity contribution in [2.75, 3.05) is 0 Å². The van der Waals surface area contributed by atoms with E-state index in [4.69, 9.17) is 14.8 Å². The third kappa shape index (κ3) is 7.51. The van der Waals surface area contributed by atoms with Crippen molar-refractivity contribution in [2.24, 2.45) is 5.92 Å². The summed E-state index contributed by atoms with van der Waals surface area (Å²) in [5.41, 5.74) is 13.7. The first-order chi connectivity index (χ1) is 24.8. The molecule has 0 fully saturated rings. The fraction of sp³-hybridized carbons (Fsp3) is 0.319. The molecule has 0 aliphatic heterocycles. The Morgan fingerprint density at radius 2 is 1.55 bits per heavy atom. The molecule has 7 aromatic rings. The summed E-state index contributed by atoms with van der Waals surface area (Å²) in [6, 6.07) is 33.1. The van der Waals surface area contributed by atoms with Gasteiger partial charge in [-0.1, -0.05) is 89.4 Å². The van der Waals surface area contributed by atoms with E-state index in [1.807, 2.05) is 12.3 Å². The first kappa shape index (κ1) is 38.3. The summed E-state index contributed by atoms with van der Waals surface area (Å²) in [6.45, 7) is 22.2. The molecule has 5 nitrogen and oxygen atoms in total. The molecule has 3 aromatic heterocycles. The van der Waals surface area contributed by atoms with Crippen molar-refractivity contribution in [1.82, 2.24) is 19.3 Å². The molecule has 0 spiro atoms. The molecular formula is C47H50N4OPt. The first-order valence-electron chi connectivity index (χ1n) is 18.7. The van der Waals surface area contributed by atoms with Crippen LogP contribution in [-0.2, 0) is 39.3 Å². The molecule has 3 heterocycles. The van der Waals surface area contributed by atoms with E-state index < -0.39 is 0 Å². The minimum absolute atomic E-state index is 0. The van der Waals surface area contributed by atoms with Crippen molar-refractivity contribution in [3.63, 3.8) is 0 Å². The second-order valence-electron chi connectivity index (χ2n) is 15.9. The Bertz CT molecular complexity index is 2420. The van der Waals surface area contributed by atoms with Crippen molar-refractivity contribution < 1.29 is 25.8 Å². The van der Waals surface area contributed by atoms with Crippen LogP contribution in [0.3, 0.4) is 0 Å². The van der Waals surface area contributed by atoms with Crippen molar-refractivity contribution in [3.8, 4) is 34.1 Å². The van der Waals surface area contributed by atoms with Gasteiger partial charge >= 0.3 is 21.1 Å². The minimum atomic E-state index is -0.134. The summed E-state index contributed by atoms with van der Waals surface area (Å²) < 4.78 is 11.1. The average molecular weight is 882 g/mol. The van der Waals surface area contributed by atoms with Crippen LogP contribution in [0.4, 0.5) is 0 Å². The van der Waals surface area contributed by atoms with Gasteiger partial charge in [0.1, 0.15) is 5.82 Å². The molecule has 0 radical (unpaired) electrons. The van der Waals surface area contributed by atoms with Gasteiger partial charge in [-0.25, -0.2) is 4.98 Å². The van der Waals surface area contributed by atoms with E-state index in [2.05, 4.69) is 157 Å². The van der Waals surface area contributed by atoms with Crippen molar-refractivity contribution in [1.29, 1.82) is 0 Å². The first-order valence-corrected chi connectivity index (χ1v) is 18.7. The molecular weight excluding hydrogens is 832 g/mol. The van der Waals surface area contributed by atoms with Crippen LogP contribution in [-0.4, -0.2) is 19.3 Å². The number of pyridine rings is 1. The molecule has 274 valence electrons. The van der Waals surface area contributed by atoms with Gasteiger partial charge in [0.25, 0.3) is 0 Å². The number of aromatic nitrogens is 4. The predicted molar refractivity (Wildman–Crippen MR) is 216 cm³/mol. The molecule has 0 amide bonds. The fourth-order valence-electron chi connectivity index (χ4n) is 7.70. The number of hydrogen-bond acceptors (Lipinski definition) is 3. The third-order valence-electron chi connectivity index (χ3n) is 9.96. The van der Waals surface area contributed by atoms with Gasteiger partial charge in [-0.15, -0.1) is 41.3 Å². The molecule has 0 unspecified atom stereocenters. The summed E-state index contributed by atoms with van der Waals surface area (Å²) in [7, 11) is 0. The van der Waals surface area contributed by atoms with Gasteiger partial charge in [-0.2, -0.15) is 11.2 Å². The molecule has 6 heteroatoms. The van der Waals surface area contributed by atoms with Crippen molar-refractivity contribution in [2.45, 2.75) is 93.9 Å². The van der Waals surface area contributed by atoms with Crippen LogP contribution in [0.5, 0.6) is 11.5 Å². The molecule has 0 N–H and O–H groups in total. The molecule has 0 aliphatic carbocycles. The number of para-hydroxylation sites is 1. The van der Waals surface area contributed by atoms with E-state index in [-0.39, 0.29) is 26.5 Å². The number of fused-ring (bicyclic) bond motifs is 3. The summed E-state index contributed by atoms with van der Waals surface area (Å²) in [5, 5.41) is 7.50. The second kappa shape index (κ2) is 15.1. The maximum atomic E-state index is 6.74. The Balaban J connectivity index is 0.00000481. The van der Waals surface area contributed by atoms with E-state index in [0.29, 0.717) is 17.4 Å². The Morgan fingerprint density at radius 1 is 0.811 bits per heavy atom. The van der Waals surface area contributed by atoms with E-state index >= 15 is 0 Å². The standard InChI is InChI=1S/C47H50N4O.Pt/c1-11-14-34-19-20-48-44(24-34)50-41-16-13-12-15-39(41)40-18-17-37(28-42(40)50)52-38-26-35(47(8,9)10)25-36(27-38)51-43(21-29(2)3)46(33(7)49-51)45-31(5)22-30(4)23-32(45)6;/h12-13,15-20,22-26,29H,11,14,21H2,1-10H3;/q-2;+2. The number of aryl methyl sites for hydroxylation is 5. The quantitative estimate of drug-likeness (QED) is 0.136. The van der Waals surface area contributed by atoms with Crippen LogP contribution in [0.1, 0.15) is 87.2 Å². The maximum Gasteiger partial charge on any atom is 2.00 e. The zero-order valence-electron chi connectivity index (χ0n) is 32.7. The van der Waals surface area contributed by atoms with Crippen LogP contribution < -0.4 is 4.74 Å². The Labute approximate surface area is 329 Å². The van der Waals surface area contributed by atoms with E-state index in [1.165, 1.54) is 39.1 Å². The van der Waals surface area contributed by atoms with Gasteiger partial charge in [-0.3, -0.25) is 4.68 Å².